The number of methoxy groups -OCH3 is 2. The first kappa shape index (κ1) is 22.1. The van der Waals surface area contributed by atoms with Crippen molar-refractivity contribution in [2.45, 2.75) is 20.3 Å². The molecule has 0 fully saturated rings. The summed E-state index contributed by atoms with van der Waals surface area (Å²) in [5.41, 5.74) is 3.79. The summed E-state index contributed by atoms with van der Waals surface area (Å²) < 4.78 is 11.8. The number of ether oxygens (including phenoxy) is 2. The minimum Gasteiger partial charge on any atom is -0.497 e. The van der Waals surface area contributed by atoms with E-state index in [-0.39, 0.29) is 5.91 Å². The van der Waals surface area contributed by atoms with Crippen molar-refractivity contribution in [3.05, 3.63) is 47.0 Å². The molecule has 6 nitrogen and oxygen atoms in total. The molecule has 0 radical (unpaired) electrons. The zero-order valence-corrected chi connectivity index (χ0v) is 19.3. The summed E-state index contributed by atoms with van der Waals surface area (Å²) in [4.78, 5) is 22.3. The molecule has 0 aliphatic carbocycles. The Balaban J connectivity index is 2.02. The lowest BCUT2D eigenvalue weighted by Crippen LogP contribution is -2.33. The predicted octanol–water partition coefficient (Wildman–Crippen LogP) is 4.53. The third kappa shape index (κ3) is 4.91. The largest absolute Gasteiger partial charge is 0.497 e. The first-order valence-electron chi connectivity index (χ1n) is 9.90. The number of aromatic nitrogens is 1. The van der Waals surface area contributed by atoms with E-state index < -0.39 is 0 Å². The molecule has 0 spiro atoms. The van der Waals surface area contributed by atoms with Gasteiger partial charge < -0.3 is 14.4 Å². The smallest absolute Gasteiger partial charge is 0.260 e. The zero-order chi connectivity index (χ0) is 21.8. The Bertz CT molecular complexity index is 1020. The molecule has 0 aliphatic heterocycles. The number of hydrogen-bond donors (Lipinski definition) is 0. The van der Waals surface area contributed by atoms with Gasteiger partial charge in [-0.25, -0.2) is 4.98 Å². The highest BCUT2D eigenvalue weighted by atomic mass is 32.1. The maximum absolute atomic E-state index is 13.6. The fraction of sp³-hybridized carbons (Fsp3) is 0.391. The molecule has 30 heavy (non-hydrogen) atoms. The van der Waals surface area contributed by atoms with Gasteiger partial charge in [-0.3, -0.25) is 9.69 Å². The van der Waals surface area contributed by atoms with E-state index >= 15 is 0 Å². The van der Waals surface area contributed by atoms with Gasteiger partial charge in [0.2, 0.25) is 0 Å². The lowest BCUT2D eigenvalue weighted by atomic mass is 10.1. The standard InChI is InChI=1S/C23H29N3O3S/c1-15-10-16(2)21-20(11-15)24-23(30-21)26(9-7-8-25(3)4)22(27)17-12-18(28-5)14-19(13-17)29-6/h10-14H,7-9H2,1-6H3. The van der Waals surface area contributed by atoms with Crippen molar-refractivity contribution in [3.63, 3.8) is 0 Å². The van der Waals surface area contributed by atoms with Gasteiger partial charge in [-0.1, -0.05) is 17.4 Å². The van der Waals surface area contributed by atoms with Crippen LogP contribution in [0.25, 0.3) is 10.2 Å². The number of fused-ring (bicyclic) bond motifs is 1. The van der Waals surface area contributed by atoms with Gasteiger partial charge >= 0.3 is 0 Å². The van der Waals surface area contributed by atoms with E-state index in [4.69, 9.17) is 14.5 Å². The number of aryl methyl sites for hydroxylation is 2. The second-order valence-electron chi connectivity index (χ2n) is 7.64. The normalized spacial score (nSPS) is 11.2. The van der Waals surface area contributed by atoms with Crippen LogP contribution >= 0.6 is 11.3 Å². The zero-order valence-electron chi connectivity index (χ0n) is 18.5. The van der Waals surface area contributed by atoms with E-state index in [0.29, 0.717) is 28.7 Å². The number of amides is 1. The number of carbonyl (C=O) groups excluding carboxylic acids is 1. The summed E-state index contributed by atoms with van der Waals surface area (Å²) in [6.07, 6.45) is 0.841. The van der Waals surface area contributed by atoms with E-state index in [1.54, 1.807) is 48.7 Å². The van der Waals surface area contributed by atoms with Crippen LogP contribution in [0.3, 0.4) is 0 Å². The van der Waals surface area contributed by atoms with Gasteiger partial charge in [-0.05, 0) is 70.2 Å². The fourth-order valence-electron chi connectivity index (χ4n) is 3.40. The van der Waals surface area contributed by atoms with Crippen LogP contribution in [0.15, 0.2) is 30.3 Å². The van der Waals surface area contributed by atoms with Crippen LogP contribution in [0, 0.1) is 13.8 Å². The highest BCUT2D eigenvalue weighted by Gasteiger charge is 2.23. The summed E-state index contributed by atoms with van der Waals surface area (Å²) in [6.45, 7) is 5.61. The summed E-state index contributed by atoms with van der Waals surface area (Å²) in [6, 6.07) is 9.46. The van der Waals surface area contributed by atoms with Crippen molar-refractivity contribution < 1.29 is 14.3 Å². The SMILES string of the molecule is COc1cc(OC)cc(C(=O)N(CCCN(C)C)c2nc3cc(C)cc(C)c3s2)c1. The number of carbonyl (C=O) groups is 1. The lowest BCUT2D eigenvalue weighted by Gasteiger charge is -2.21. The average Bonchev–Trinajstić information content (AvgIpc) is 3.14. The van der Waals surface area contributed by atoms with Crippen LogP contribution in [-0.4, -0.2) is 57.2 Å². The summed E-state index contributed by atoms with van der Waals surface area (Å²) in [5, 5.41) is 0.712. The molecular formula is C23H29N3O3S. The molecule has 1 heterocycles. The molecule has 0 saturated carbocycles. The molecule has 7 heteroatoms. The Morgan fingerprint density at radius 3 is 2.27 bits per heavy atom. The maximum Gasteiger partial charge on any atom is 0.260 e. The van der Waals surface area contributed by atoms with E-state index in [9.17, 15) is 4.79 Å². The molecule has 3 rings (SSSR count). The van der Waals surface area contributed by atoms with Crippen LogP contribution in [0.4, 0.5) is 5.13 Å². The first-order valence-corrected chi connectivity index (χ1v) is 10.7. The van der Waals surface area contributed by atoms with Gasteiger partial charge in [0, 0.05) is 18.2 Å². The van der Waals surface area contributed by atoms with Gasteiger partial charge in [-0.15, -0.1) is 0 Å². The van der Waals surface area contributed by atoms with Crippen LogP contribution in [0.1, 0.15) is 27.9 Å². The molecule has 1 amide bonds. The van der Waals surface area contributed by atoms with E-state index in [2.05, 4.69) is 30.9 Å². The quantitative estimate of drug-likeness (QED) is 0.529. The Morgan fingerprint density at radius 2 is 1.67 bits per heavy atom. The van der Waals surface area contributed by atoms with Crippen molar-refractivity contribution in [3.8, 4) is 11.5 Å². The fourth-order valence-corrected chi connectivity index (χ4v) is 4.44. The molecule has 2 aromatic carbocycles. The van der Waals surface area contributed by atoms with Crippen LogP contribution < -0.4 is 14.4 Å². The number of nitrogens with zero attached hydrogens (tertiary/aromatic N) is 3. The Kier molecular flexibility index (Phi) is 6.95. The Hall–Kier alpha value is -2.64. The minimum atomic E-state index is -0.112. The maximum atomic E-state index is 13.6. The summed E-state index contributed by atoms with van der Waals surface area (Å²) >= 11 is 1.56. The van der Waals surface area contributed by atoms with Gasteiger partial charge in [0.05, 0.1) is 24.4 Å². The van der Waals surface area contributed by atoms with E-state index in [0.717, 1.165) is 23.2 Å². The molecule has 1 aromatic heterocycles. The van der Waals surface area contributed by atoms with Gasteiger partial charge in [0.25, 0.3) is 5.91 Å². The highest BCUT2D eigenvalue weighted by molar-refractivity contribution is 7.22. The van der Waals surface area contributed by atoms with Gasteiger partial charge in [-0.2, -0.15) is 0 Å². The topological polar surface area (TPSA) is 54.9 Å². The number of anilines is 1. The summed E-state index contributed by atoms with van der Waals surface area (Å²) in [7, 11) is 7.22. The molecule has 0 N–H and O–H groups in total. The number of rotatable bonds is 8. The van der Waals surface area contributed by atoms with Crippen LogP contribution in [0.5, 0.6) is 11.5 Å². The molecule has 0 unspecified atom stereocenters. The number of hydrogen-bond acceptors (Lipinski definition) is 6. The molecule has 160 valence electrons. The second kappa shape index (κ2) is 9.45. The molecule has 0 bridgehead atoms. The van der Waals surface area contributed by atoms with E-state index in [1.807, 2.05) is 14.1 Å². The Labute approximate surface area is 182 Å². The van der Waals surface area contributed by atoms with Crippen LogP contribution in [0.2, 0.25) is 0 Å². The molecular weight excluding hydrogens is 398 g/mol. The second-order valence-corrected chi connectivity index (χ2v) is 8.62. The third-order valence-corrected chi connectivity index (χ3v) is 6.10. The molecule has 3 aromatic rings. The average molecular weight is 428 g/mol. The van der Waals surface area contributed by atoms with E-state index in [1.165, 1.54) is 11.1 Å². The first-order chi connectivity index (χ1) is 14.3. The monoisotopic (exact) mass is 427 g/mol. The van der Waals surface area contributed by atoms with Crippen molar-refractivity contribution in [1.29, 1.82) is 0 Å². The van der Waals surface area contributed by atoms with Crippen molar-refractivity contribution >= 4 is 32.6 Å². The molecule has 0 saturated heterocycles. The lowest BCUT2D eigenvalue weighted by molar-refractivity contribution is 0.0985. The van der Waals surface area contributed by atoms with Gasteiger partial charge in [0.15, 0.2) is 5.13 Å². The summed E-state index contributed by atoms with van der Waals surface area (Å²) in [5.74, 6) is 1.06. The van der Waals surface area contributed by atoms with Crippen molar-refractivity contribution in [1.82, 2.24) is 9.88 Å². The molecule has 0 atom stereocenters. The third-order valence-electron chi connectivity index (χ3n) is 4.87. The van der Waals surface area contributed by atoms with Crippen molar-refractivity contribution in [2.75, 3.05) is 46.3 Å². The molecule has 0 aliphatic rings. The van der Waals surface area contributed by atoms with Crippen LogP contribution in [-0.2, 0) is 0 Å². The number of benzene rings is 2. The highest BCUT2D eigenvalue weighted by Crippen LogP contribution is 2.33. The number of thiazole rings is 1. The minimum absolute atomic E-state index is 0.112. The van der Waals surface area contributed by atoms with Crippen molar-refractivity contribution in [2.24, 2.45) is 0 Å². The Morgan fingerprint density at radius 1 is 1.00 bits per heavy atom. The van der Waals surface area contributed by atoms with Gasteiger partial charge in [0.1, 0.15) is 11.5 Å². The predicted molar refractivity (Wildman–Crippen MR) is 123 cm³/mol.